The number of thioether (sulfide) groups is 1. The van der Waals surface area contributed by atoms with Gasteiger partial charge in [0, 0.05) is 11.3 Å². The van der Waals surface area contributed by atoms with Crippen molar-refractivity contribution in [3.05, 3.63) is 29.8 Å². The first-order valence-corrected chi connectivity index (χ1v) is 6.80. The summed E-state index contributed by atoms with van der Waals surface area (Å²) in [5, 5.41) is 4.05. The van der Waals surface area contributed by atoms with Crippen LogP contribution < -0.4 is 5.32 Å². The Morgan fingerprint density at radius 3 is 2.75 bits per heavy atom. The molecule has 0 spiro atoms. The van der Waals surface area contributed by atoms with Crippen LogP contribution in [-0.4, -0.2) is 23.0 Å². The summed E-state index contributed by atoms with van der Waals surface area (Å²) in [5.74, 6) is -0.285. The molecule has 2 nitrogen and oxygen atoms in total. The van der Waals surface area contributed by atoms with Gasteiger partial charge < -0.3 is 5.32 Å². The minimum absolute atomic E-state index is 0.176. The first kappa shape index (κ1) is 13.5. The second-order valence-corrected chi connectivity index (χ2v) is 5.19. The summed E-state index contributed by atoms with van der Waals surface area (Å²) in [6.45, 7) is 5.22. The maximum Gasteiger partial charge on any atom is 0.141 e. The van der Waals surface area contributed by atoms with Crippen molar-refractivity contribution in [2.75, 3.05) is 12.8 Å². The van der Waals surface area contributed by atoms with E-state index >= 15 is 0 Å². The Hall–Kier alpha value is -0.610. The Labute approximate surface area is 101 Å². The van der Waals surface area contributed by atoms with Crippen molar-refractivity contribution in [2.24, 2.45) is 0 Å². The lowest BCUT2D eigenvalue weighted by molar-refractivity contribution is 0.542. The largest absolute Gasteiger partial charge is 0.309 e. The van der Waals surface area contributed by atoms with Crippen molar-refractivity contribution in [3.8, 4) is 0 Å². The van der Waals surface area contributed by atoms with Gasteiger partial charge in [0.2, 0.25) is 0 Å². The second-order valence-electron chi connectivity index (χ2n) is 3.91. The van der Waals surface area contributed by atoms with Crippen molar-refractivity contribution < 1.29 is 4.39 Å². The van der Waals surface area contributed by atoms with Crippen molar-refractivity contribution in [1.29, 1.82) is 0 Å². The number of hydrogen-bond acceptors (Lipinski definition) is 3. The van der Waals surface area contributed by atoms with Crippen LogP contribution in [-0.2, 0) is 0 Å². The summed E-state index contributed by atoms with van der Waals surface area (Å²) < 4.78 is 12.7. The Bertz CT molecular complexity index is 302. The van der Waals surface area contributed by atoms with E-state index in [0.717, 1.165) is 18.7 Å². The van der Waals surface area contributed by atoms with Gasteiger partial charge in [-0.25, -0.2) is 4.39 Å². The molecule has 0 bridgehead atoms. The van der Waals surface area contributed by atoms with Crippen LogP contribution >= 0.6 is 11.8 Å². The highest BCUT2D eigenvalue weighted by atomic mass is 32.2. The molecule has 0 radical (unpaired) electrons. The van der Waals surface area contributed by atoms with Crippen LogP contribution in [0.2, 0.25) is 0 Å². The van der Waals surface area contributed by atoms with Crippen LogP contribution in [0.3, 0.4) is 0 Å². The Morgan fingerprint density at radius 1 is 1.44 bits per heavy atom. The number of nitrogens with one attached hydrogen (secondary N) is 1. The van der Waals surface area contributed by atoms with Gasteiger partial charge in [0.25, 0.3) is 0 Å². The van der Waals surface area contributed by atoms with Gasteiger partial charge in [-0.1, -0.05) is 6.92 Å². The number of pyridine rings is 1. The average Bonchev–Trinajstić information content (AvgIpc) is 2.29. The van der Waals surface area contributed by atoms with Crippen LogP contribution in [0.15, 0.2) is 18.3 Å². The van der Waals surface area contributed by atoms with Gasteiger partial charge in [-0.2, -0.15) is 11.8 Å². The normalized spacial score (nSPS) is 14.8. The zero-order chi connectivity index (χ0) is 12.0. The number of hydrogen-bond donors (Lipinski definition) is 1. The molecule has 0 amide bonds. The molecule has 0 saturated carbocycles. The monoisotopic (exact) mass is 242 g/mol. The molecule has 0 aliphatic rings. The number of aromatic nitrogens is 1. The predicted molar refractivity (Wildman–Crippen MR) is 68.2 cm³/mol. The van der Waals surface area contributed by atoms with E-state index < -0.39 is 0 Å². The minimum atomic E-state index is -0.285. The van der Waals surface area contributed by atoms with E-state index in [2.05, 4.69) is 23.5 Å². The highest BCUT2D eigenvalue weighted by Gasteiger charge is 2.06. The molecule has 2 atom stereocenters. The lowest BCUT2D eigenvalue weighted by Crippen LogP contribution is -2.22. The van der Waals surface area contributed by atoms with Gasteiger partial charge in [0.15, 0.2) is 0 Å². The van der Waals surface area contributed by atoms with Gasteiger partial charge in [-0.15, -0.1) is 0 Å². The van der Waals surface area contributed by atoms with E-state index in [-0.39, 0.29) is 11.9 Å². The second kappa shape index (κ2) is 6.86. The third-order valence-electron chi connectivity index (χ3n) is 2.60. The molecule has 1 aromatic heterocycles. The molecule has 0 aromatic carbocycles. The third kappa shape index (κ3) is 4.49. The van der Waals surface area contributed by atoms with E-state index in [0.29, 0.717) is 5.25 Å². The highest BCUT2D eigenvalue weighted by molar-refractivity contribution is 7.99. The first-order valence-electron chi connectivity index (χ1n) is 5.51. The quantitative estimate of drug-likeness (QED) is 0.830. The lowest BCUT2D eigenvalue weighted by atomic mass is 10.2. The Balaban J connectivity index is 2.35. The molecule has 4 heteroatoms. The summed E-state index contributed by atoms with van der Waals surface area (Å²) >= 11 is 1.87. The molecular formula is C12H19FN2S. The molecule has 1 rings (SSSR count). The summed E-state index contributed by atoms with van der Waals surface area (Å²) in [5.41, 5.74) is 0.887. The van der Waals surface area contributed by atoms with Gasteiger partial charge in [-0.05, 0) is 38.3 Å². The fourth-order valence-electron chi connectivity index (χ4n) is 1.37. The molecule has 0 saturated heterocycles. The fourth-order valence-corrected chi connectivity index (χ4v) is 1.72. The topological polar surface area (TPSA) is 24.9 Å². The van der Waals surface area contributed by atoms with E-state index in [1.54, 1.807) is 6.07 Å². The smallest absolute Gasteiger partial charge is 0.141 e. The van der Waals surface area contributed by atoms with Gasteiger partial charge in [-0.3, -0.25) is 4.98 Å². The summed E-state index contributed by atoms with van der Waals surface area (Å²) in [6.07, 6.45) is 4.51. The van der Waals surface area contributed by atoms with Crippen molar-refractivity contribution >= 4 is 11.8 Å². The van der Waals surface area contributed by atoms with Crippen molar-refractivity contribution in [1.82, 2.24) is 10.3 Å². The van der Waals surface area contributed by atoms with Crippen LogP contribution in [0, 0.1) is 5.82 Å². The third-order valence-corrected chi connectivity index (χ3v) is 3.64. The summed E-state index contributed by atoms with van der Waals surface area (Å²) in [7, 11) is 0. The number of rotatable bonds is 6. The van der Waals surface area contributed by atoms with E-state index in [4.69, 9.17) is 0 Å². The van der Waals surface area contributed by atoms with E-state index in [1.165, 1.54) is 12.3 Å². The summed E-state index contributed by atoms with van der Waals surface area (Å²) in [6, 6.07) is 3.35. The molecule has 2 unspecified atom stereocenters. The average molecular weight is 242 g/mol. The van der Waals surface area contributed by atoms with Crippen molar-refractivity contribution in [2.45, 2.75) is 31.6 Å². The standard InChI is InChI=1S/C12H19FN2S/c1-9(16-3)6-7-14-10(2)12-5-4-11(13)8-15-12/h4-5,8-10,14H,6-7H2,1-3H3. The number of halogens is 1. The van der Waals surface area contributed by atoms with Gasteiger partial charge in [0.1, 0.15) is 5.82 Å². The summed E-state index contributed by atoms with van der Waals surface area (Å²) in [4.78, 5) is 4.05. The zero-order valence-corrected chi connectivity index (χ0v) is 10.9. The Kier molecular flexibility index (Phi) is 5.77. The Morgan fingerprint density at radius 2 is 2.19 bits per heavy atom. The minimum Gasteiger partial charge on any atom is -0.309 e. The molecular weight excluding hydrogens is 223 g/mol. The van der Waals surface area contributed by atoms with Crippen molar-refractivity contribution in [3.63, 3.8) is 0 Å². The maximum atomic E-state index is 12.7. The zero-order valence-electron chi connectivity index (χ0n) is 10.0. The van der Waals surface area contributed by atoms with Crippen LogP contribution in [0.1, 0.15) is 32.0 Å². The van der Waals surface area contributed by atoms with E-state index in [1.807, 2.05) is 18.7 Å². The van der Waals surface area contributed by atoms with Gasteiger partial charge in [0.05, 0.1) is 11.9 Å². The SMILES string of the molecule is CSC(C)CCNC(C)c1ccc(F)cn1. The van der Waals surface area contributed by atoms with Crippen LogP contribution in [0.25, 0.3) is 0 Å². The lowest BCUT2D eigenvalue weighted by Gasteiger charge is -2.14. The maximum absolute atomic E-state index is 12.7. The molecule has 0 aliphatic heterocycles. The predicted octanol–water partition coefficient (Wildman–Crippen LogP) is 3.01. The van der Waals surface area contributed by atoms with Gasteiger partial charge >= 0.3 is 0 Å². The molecule has 0 aliphatic carbocycles. The molecule has 1 aromatic rings. The van der Waals surface area contributed by atoms with E-state index in [9.17, 15) is 4.39 Å². The highest BCUT2D eigenvalue weighted by Crippen LogP contribution is 2.12. The fraction of sp³-hybridized carbons (Fsp3) is 0.583. The molecule has 0 fully saturated rings. The molecule has 16 heavy (non-hydrogen) atoms. The molecule has 1 N–H and O–H groups in total. The van der Waals surface area contributed by atoms with Crippen LogP contribution in [0.5, 0.6) is 0 Å². The van der Waals surface area contributed by atoms with Crippen LogP contribution in [0.4, 0.5) is 4.39 Å². The molecule has 1 heterocycles. The molecule has 90 valence electrons. The first-order chi connectivity index (χ1) is 7.63. The number of nitrogens with zero attached hydrogens (tertiary/aromatic N) is 1.